The molecule has 0 aliphatic rings. The zero-order valence-electron chi connectivity index (χ0n) is 8.42. The molecule has 0 amide bonds. The largest absolute Gasteiger partial charge is 0.496 e. The molecule has 3 nitrogen and oxygen atoms in total. The van der Waals surface area contributed by atoms with E-state index in [1.165, 1.54) is 5.56 Å². The summed E-state index contributed by atoms with van der Waals surface area (Å²) in [5.41, 5.74) is 8.94. The molecule has 3 N–H and O–H groups in total. The van der Waals surface area contributed by atoms with E-state index in [9.17, 15) is 0 Å². The van der Waals surface area contributed by atoms with Crippen molar-refractivity contribution in [1.82, 2.24) is 4.98 Å². The standard InChI is InChI=1S/C11H14N2O/c1-7-3-4-10(14-2)9-5-8(6-12)13-11(7)9/h3-5,13H,6,12H2,1-2H3. The van der Waals surface area contributed by atoms with Crippen LogP contribution in [0.4, 0.5) is 0 Å². The van der Waals surface area contributed by atoms with Crippen molar-refractivity contribution < 1.29 is 4.74 Å². The molecule has 2 aromatic rings. The van der Waals surface area contributed by atoms with Gasteiger partial charge in [-0.15, -0.1) is 0 Å². The summed E-state index contributed by atoms with van der Waals surface area (Å²) in [6.07, 6.45) is 0. The SMILES string of the molecule is COc1ccc(C)c2[nH]c(CN)cc12. The van der Waals surface area contributed by atoms with Crippen LogP contribution in [0.25, 0.3) is 10.9 Å². The summed E-state index contributed by atoms with van der Waals surface area (Å²) >= 11 is 0. The molecule has 0 radical (unpaired) electrons. The highest BCUT2D eigenvalue weighted by atomic mass is 16.5. The van der Waals surface area contributed by atoms with E-state index in [0.717, 1.165) is 22.3 Å². The van der Waals surface area contributed by atoms with Crippen molar-refractivity contribution in [2.75, 3.05) is 7.11 Å². The van der Waals surface area contributed by atoms with Gasteiger partial charge in [-0.3, -0.25) is 0 Å². The average molecular weight is 190 g/mol. The lowest BCUT2D eigenvalue weighted by Crippen LogP contribution is -1.95. The molecule has 0 saturated carbocycles. The maximum absolute atomic E-state index is 5.58. The summed E-state index contributed by atoms with van der Waals surface area (Å²) < 4.78 is 5.28. The maximum Gasteiger partial charge on any atom is 0.128 e. The fourth-order valence-corrected chi connectivity index (χ4v) is 1.68. The molecule has 3 heteroatoms. The molecule has 0 spiro atoms. The van der Waals surface area contributed by atoms with Gasteiger partial charge in [0.1, 0.15) is 5.75 Å². The second-order valence-electron chi connectivity index (χ2n) is 3.37. The van der Waals surface area contributed by atoms with Crippen LogP contribution in [-0.4, -0.2) is 12.1 Å². The van der Waals surface area contributed by atoms with E-state index in [1.807, 2.05) is 18.2 Å². The maximum atomic E-state index is 5.58. The lowest BCUT2D eigenvalue weighted by molar-refractivity contribution is 0.420. The number of methoxy groups -OCH3 is 1. The molecule has 2 rings (SSSR count). The van der Waals surface area contributed by atoms with Crippen molar-refractivity contribution in [3.8, 4) is 5.75 Å². The van der Waals surface area contributed by atoms with Crippen molar-refractivity contribution in [3.63, 3.8) is 0 Å². The minimum atomic E-state index is 0.525. The van der Waals surface area contributed by atoms with Gasteiger partial charge in [0, 0.05) is 17.6 Å². The molecule has 0 aliphatic heterocycles. The van der Waals surface area contributed by atoms with E-state index in [0.29, 0.717) is 6.54 Å². The van der Waals surface area contributed by atoms with E-state index in [-0.39, 0.29) is 0 Å². The number of ether oxygens (including phenoxy) is 1. The molecule has 0 bridgehead atoms. The minimum Gasteiger partial charge on any atom is -0.496 e. The summed E-state index contributed by atoms with van der Waals surface area (Å²) in [4.78, 5) is 3.28. The highest BCUT2D eigenvalue weighted by Crippen LogP contribution is 2.28. The number of nitrogens with two attached hydrogens (primary N) is 1. The lowest BCUT2D eigenvalue weighted by Gasteiger charge is -2.02. The third kappa shape index (κ3) is 1.26. The van der Waals surface area contributed by atoms with Crippen LogP contribution in [-0.2, 0) is 6.54 Å². The van der Waals surface area contributed by atoms with Gasteiger partial charge >= 0.3 is 0 Å². The minimum absolute atomic E-state index is 0.525. The van der Waals surface area contributed by atoms with Gasteiger partial charge in [-0.2, -0.15) is 0 Å². The Bertz CT molecular complexity index is 460. The van der Waals surface area contributed by atoms with Gasteiger partial charge in [0.2, 0.25) is 0 Å². The Morgan fingerprint density at radius 1 is 1.43 bits per heavy atom. The first-order valence-corrected chi connectivity index (χ1v) is 4.61. The molecular formula is C11H14N2O. The third-order valence-corrected chi connectivity index (χ3v) is 2.46. The van der Waals surface area contributed by atoms with Crippen LogP contribution in [0.1, 0.15) is 11.3 Å². The predicted molar refractivity (Wildman–Crippen MR) is 57.5 cm³/mol. The molecule has 0 aliphatic carbocycles. The van der Waals surface area contributed by atoms with Crippen LogP contribution in [0.5, 0.6) is 5.75 Å². The monoisotopic (exact) mass is 190 g/mol. The van der Waals surface area contributed by atoms with Gasteiger partial charge in [-0.05, 0) is 24.6 Å². The molecule has 1 aromatic carbocycles. The van der Waals surface area contributed by atoms with Crippen LogP contribution in [0.3, 0.4) is 0 Å². The van der Waals surface area contributed by atoms with E-state index >= 15 is 0 Å². The van der Waals surface area contributed by atoms with Gasteiger partial charge in [0.15, 0.2) is 0 Å². The highest BCUT2D eigenvalue weighted by molar-refractivity contribution is 5.89. The van der Waals surface area contributed by atoms with Crippen molar-refractivity contribution >= 4 is 10.9 Å². The summed E-state index contributed by atoms with van der Waals surface area (Å²) in [5.74, 6) is 0.890. The second-order valence-corrected chi connectivity index (χ2v) is 3.37. The number of aryl methyl sites for hydroxylation is 1. The normalized spacial score (nSPS) is 10.8. The number of fused-ring (bicyclic) bond motifs is 1. The van der Waals surface area contributed by atoms with Gasteiger partial charge < -0.3 is 15.5 Å². The van der Waals surface area contributed by atoms with Crippen LogP contribution in [0, 0.1) is 6.92 Å². The van der Waals surface area contributed by atoms with Crippen LogP contribution < -0.4 is 10.5 Å². The van der Waals surface area contributed by atoms with Crippen molar-refractivity contribution in [2.45, 2.75) is 13.5 Å². The molecular weight excluding hydrogens is 176 g/mol. The first-order valence-electron chi connectivity index (χ1n) is 4.61. The number of aromatic amines is 1. The van der Waals surface area contributed by atoms with Gasteiger partial charge in [-0.25, -0.2) is 0 Å². The zero-order chi connectivity index (χ0) is 10.1. The topological polar surface area (TPSA) is 51.0 Å². The number of rotatable bonds is 2. The summed E-state index contributed by atoms with van der Waals surface area (Å²) in [6, 6.07) is 6.06. The number of nitrogens with one attached hydrogen (secondary N) is 1. The molecule has 74 valence electrons. The molecule has 1 heterocycles. The quantitative estimate of drug-likeness (QED) is 0.760. The Balaban J connectivity index is 2.74. The average Bonchev–Trinajstić information content (AvgIpc) is 2.63. The van der Waals surface area contributed by atoms with E-state index in [1.54, 1.807) is 7.11 Å². The van der Waals surface area contributed by atoms with E-state index in [2.05, 4.69) is 11.9 Å². The molecule has 0 unspecified atom stereocenters. The highest BCUT2D eigenvalue weighted by Gasteiger charge is 2.06. The lowest BCUT2D eigenvalue weighted by atomic mass is 10.1. The fourth-order valence-electron chi connectivity index (χ4n) is 1.68. The molecule has 14 heavy (non-hydrogen) atoms. The Morgan fingerprint density at radius 3 is 2.86 bits per heavy atom. The van der Waals surface area contributed by atoms with E-state index < -0.39 is 0 Å². The second kappa shape index (κ2) is 3.35. The molecule has 0 saturated heterocycles. The first-order chi connectivity index (χ1) is 6.76. The van der Waals surface area contributed by atoms with Crippen LogP contribution >= 0.6 is 0 Å². The third-order valence-electron chi connectivity index (χ3n) is 2.46. The number of benzene rings is 1. The number of aromatic nitrogens is 1. The van der Waals surface area contributed by atoms with Crippen LogP contribution in [0.15, 0.2) is 18.2 Å². The predicted octanol–water partition coefficient (Wildman–Crippen LogP) is 1.94. The Kier molecular flexibility index (Phi) is 2.17. The molecule has 1 aromatic heterocycles. The molecule has 0 fully saturated rings. The summed E-state index contributed by atoms with van der Waals surface area (Å²) in [6.45, 7) is 2.59. The Hall–Kier alpha value is -1.48. The van der Waals surface area contributed by atoms with Crippen molar-refractivity contribution in [3.05, 3.63) is 29.5 Å². The Labute approximate surface area is 82.9 Å². The van der Waals surface area contributed by atoms with Crippen molar-refractivity contribution in [1.29, 1.82) is 0 Å². The Morgan fingerprint density at radius 2 is 2.21 bits per heavy atom. The smallest absolute Gasteiger partial charge is 0.128 e. The van der Waals surface area contributed by atoms with Crippen LogP contribution in [0.2, 0.25) is 0 Å². The number of hydrogen-bond acceptors (Lipinski definition) is 2. The first kappa shape index (κ1) is 9.09. The summed E-state index contributed by atoms with van der Waals surface area (Å²) in [7, 11) is 1.68. The summed E-state index contributed by atoms with van der Waals surface area (Å²) in [5, 5.41) is 1.10. The van der Waals surface area contributed by atoms with Gasteiger partial charge in [-0.1, -0.05) is 6.07 Å². The zero-order valence-corrected chi connectivity index (χ0v) is 8.42. The van der Waals surface area contributed by atoms with Crippen molar-refractivity contribution in [2.24, 2.45) is 5.73 Å². The fraction of sp³-hybridized carbons (Fsp3) is 0.273. The molecule has 0 atom stereocenters. The van der Waals surface area contributed by atoms with E-state index in [4.69, 9.17) is 10.5 Å². The van der Waals surface area contributed by atoms with Gasteiger partial charge in [0.05, 0.1) is 12.6 Å². The number of hydrogen-bond donors (Lipinski definition) is 2. The number of H-pyrrole nitrogens is 1. The van der Waals surface area contributed by atoms with Gasteiger partial charge in [0.25, 0.3) is 0 Å².